The molecule has 0 spiro atoms. The van der Waals surface area contributed by atoms with Gasteiger partial charge in [-0.2, -0.15) is 0 Å². The van der Waals surface area contributed by atoms with Crippen LogP contribution in [0.2, 0.25) is 0 Å². The van der Waals surface area contributed by atoms with Crippen LogP contribution >= 0.6 is 11.3 Å². The second-order valence-electron chi connectivity index (χ2n) is 10.3. The van der Waals surface area contributed by atoms with Crippen LogP contribution in [-0.4, -0.2) is 0 Å². The third kappa shape index (κ3) is 2.83. The molecule has 0 unspecified atom stereocenters. The highest BCUT2D eigenvalue weighted by Crippen LogP contribution is 2.52. The lowest BCUT2D eigenvalue weighted by Gasteiger charge is -2.36. The van der Waals surface area contributed by atoms with E-state index in [9.17, 15) is 0 Å². The highest BCUT2D eigenvalue weighted by Gasteiger charge is 2.33. The summed E-state index contributed by atoms with van der Waals surface area (Å²) in [5, 5.41) is 6.87. The zero-order valence-electron chi connectivity index (χ0n) is 20.8. The fraction of sp³-hybridized carbons (Fsp3) is 0.212. The fourth-order valence-electron chi connectivity index (χ4n) is 5.96. The zero-order valence-corrected chi connectivity index (χ0v) is 21.7. The summed E-state index contributed by atoms with van der Waals surface area (Å²) in [5.41, 5.74) is 9.81. The minimum Gasteiger partial charge on any atom is -0.135 e. The molecule has 4 aromatic carbocycles. The van der Waals surface area contributed by atoms with Crippen LogP contribution in [0.5, 0.6) is 0 Å². The molecule has 0 amide bonds. The van der Waals surface area contributed by atoms with Crippen molar-refractivity contribution >= 4 is 54.6 Å². The first-order valence-corrected chi connectivity index (χ1v) is 13.0. The van der Waals surface area contributed by atoms with E-state index in [0.717, 1.165) is 0 Å². The molecule has 0 radical (unpaired) electrons. The molecule has 1 aliphatic carbocycles. The topological polar surface area (TPSA) is 0 Å². The quantitative estimate of drug-likeness (QED) is 0.231. The van der Waals surface area contributed by atoms with Crippen molar-refractivity contribution in [2.24, 2.45) is 0 Å². The second kappa shape index (κ2) is 7.42. The molecule has 5 aromatic rings. The van der Waals surface area contributed by atoms with Crippen molar-refractivity contribution in [1.82, 2.24) is 0 Å². The van der Waals surface area contributed by atoms with Crippen LogP contribution < -0.4 is 0 Å². The zero-order chi connectivity index (χ0) is 23.8. The van der Waals surface area contributed by atoms with Crippen molar-refractivity contribution in [2.45, 2.75) is 47.0 Å². The lowest BCUT2D eigenvalue weighted by atomic mass is 9.68. The van der Waals surface area contributed by atoms with Gasteiger partial charge in [0.1, 0.15) is 0 Å². The number of rotatable bonds is 2. The molecule has 0 saturated heterocycles. The van der Waals surface area contributed by atoms with E-state index in [2.05, 4.69) is 114 Å². The summed E-state index contributed by atoms with van der Waals surface area (Å²) in [5.74, 6) is 0. The van der Waals surface area contributed by atoms with Gasteiger partial charge in [0.15, 0.2) is 0 Å². The highest BCUT2D eigenvalue weighted by molar-refractivity contribution is 7.22. The van der Waals surface area contributed by atoms with Gasteiger partial charge in [-0.15, -0.1) is 11.3 Å². The Morgan fingerprint density at radius 1 is 0.794 bits per heavy atom. The molecular weight excluding hydrogens is 428 g/mol. The molecule has 1 heterocycles. The van der Waals surface area contributed by atoms with Crippen molar-refractivity contribution in [2.75, 3.05) is 0 Å². The number of allylic oxidation sites excluding steroid dienone is 3. The van der Waals surface area contributed by atoms with E-state index >= 15 is 0 Å². The van der Waals surface area contributed by atoms with Gasteiger partial charge in [-0.05, 0) is 101 Å². The molecule has 0 nitrogen and oxygen atoms in total. The lowest BCUT2D eigenvalue weighted by molar-refractivity contribution is 0.627. The van der Waals surface area contributed by atoms with Crippen LogP contribution in [-0.2, 0) is 5.41 Å². The predicted octanol–water partition coefficient (Wildman–Crippen LogP) is 10.3. The number of thiophene rings is 1. The number of hydrogen-bond acceptors (Lipinski definition) is 1. The third-order valence-electron chi connectivity index (χ3n) is 8.10. The van der Waals surface area contributed by atoms with E-state index in [4.69, 9.17) is 0 Å². The smallest absolute Gasteiger partial charge is 0.0367 e. The normalized spacial score (nSPS) is 15.4. The lowest BCUT2D eigenvalue weighted by Crippen LogP contribution is -2.23. The van der Waals surface area contributed by atoms with Gasteiger partial charge < -0.3 is 0 Å². The van der Waals surface area contributed by atoms with Crippen molar-refractivity contribution in [1.29, 1.82) is 0 Å². The summed E-state index contributed by atoms with van der Waals surface area (Å²) < 4.78 is 1.35. The van der Waals surface area contributed by atoms with Crippen LogP contribution in [0.4, 0.5) is 0 Å². The van der Waals surface area contributed by atoms with E-state index < -0.39 is 0 Å². The molecule has 1 aliphatic rings. The largest absolute Gasteiger partial charge is 0.135 e. The molecule has 0 saturated carbocycles. The Labute approximate surface area is 206 Å². The third-order valence-corrected chi connectivity index (χ3v) is 9.21. The van der Waals surface area contributed by atoms with Crippen LogP contribution in [0.25, 0.3) is 53.7 Å². The van der Waals surface area contributed by atoms with Crippen LogP contribution in [0, 0.1) is 6.92 Å². The maximum Gasteiger partial charge on any atom is 0.0367 e. The molecule has 1 heteroatoms. The molecule has 0 aliphatic heterocycles. The molecule has 168 valence electrons. The molecule has 1 aromatic heterocycles. The van der Waals surface area contributed by atoms with Crippen molar-refractivity contribution in [3.63, 3.8) is 0 Å². The monoisotopic (exact) mass is 458 g/mol. The number of aryl methyl sites for hydroxylation is 1. The van der Waals surface area contributed by atoms with E-state index in [1.165, 1.54) is 75.5 Å². The van der Waals surface area contributed by atoms with Gasteiger partial charge >= 0.3 is 0 Å². The Balaban J connectivity index is 1.78. The van der Waals surface area contributed by atoms with Crippen molar-refractivity contribution in [3.05, 3.63) is 94.6 Å². The Bertz CT molecular complexity index is 1700. The second-order valence-corrected chi connectivity index (χ2v) is 11.3. The Morgan fingerprint density at radius 3 is 2.24 bits per heavy atom. The average molecular weight is 459 g/mol. The maximum atomic E-state index is 2.41. The Morgan fingerprint density at radius 2 is 1.50 bits per heavy atom. The first-order valence-electron chi connectivity index (χ1n) is 12.2. The first kappa shape index (κ1) is 21.4. The fourth-order valence-corrected chi connectivity index (χ4v) is 7.13. The molecule has 34 heavy (non-hydrogen) atoms. The van der Waals surface area contributed by atoms with Gasteiger partial charge in [-0.1, -0.05) is 74.0 Å². The van der Waals surface area contributed by atoms with Gasteiger partial charge in [0.05, 0.1) is 0 Å². The Hall–Kier alpha value is -3.16. The minimum atomic E-state index is 0.0228. The highest BCUT2D eigenvalue weighted by atomic mass is 32.1. The molecule has 0 fully saturated rings. The summed E-state index contributed by atoms with van der Waals surface area (Å²) in [7, 11) is 0. The van der Waals surface area contributed by atoms with Gasteiger partial charge in [-0.3, -0.25) is 0 Å². The minimum absolute atomic E-state index is 0.0228. The van der Waals surface area contributed by atoms with E-state index in [-0.39, 0.29) is 5.41 Å². The van der Waals surface area contributed by atoms with Gasteiger partial charge in [-0.25, -0.2) is 0 Å². The molecule has 0 N–H and O–H groups in total. The predicted molar refractivity (Wildman–Crippen MR) is 153 cm³/mol. The van der Waals surface area contributed by atoms with Crippen LogP contribution in [0.15, 0.2) is 72.3 Å². The van der Waals surface area contributed by atoms with Crippen LogP contribution in [0.1, 0.15) is 56.9 Å². The summed E-state index contributed by atoms with van der Waals surface area (Å²) >= 11 is 1.92. The number of hydrogen-bond donors (Lipinski definition) is 0. The SMILES string of the molecule is C/C=C\c1cc2sc(-c3c4ccccc4c4c5c(cccc35)C(C)(C)C(C)=C4C)cc2cc1C. The Kier molecular flexibility index (Phi) is 4.66. The van der Waals surface area contributed by atoms with Gasteiger partial charge in [0, 0.05) is 20.6 Å². The molecule has 0 bridgehead atoms. The van der Waals surface area contributed by atoms with Gasteiger partial charge in [0.25, 0.3) is 0 Å². The number of benzene rings is 4. The summed E-state index contributed by atoms with van der Waals surface area (Å²) in [6.07, 6.45) is 4.34. The molecule has 0 atom stereocenters. The van der Waals surface area contributed by atoms with E-state index in [1.807, 2.05) is 11.3 Å². The maximum absolute atomic E-state index is 2.41. The summed E-state index contributed by atoms with van der Waals surface area (Å²) in [4.78, 5) is 1.36. The van der Waals surface area contributed by atoms with Crippen molar-refractivity contribution in [3.8, 4) is 10.4 Å². The molecule has 6 rings (SSSR count). The van der Waals surface area contributed by atoms with Crippen LogP contribution in [0.3, 0.4) is 0 Å². The number of fused-ring (bicyclic) bond motifs is 3. The molecular formula is C33H30S. The standard InChI is InChI=1S/C33H30S/c1-7-11-22-17-28-23(16-19(22)2)18-29(34-28)31-25-13-9-8-12-24(25)30-20(3)21(4)33(5,6)27-15-10-14-26(31)32(27)30/h7-18H,1-6H3/b11-7-. The van der Waals surface area contributed by atoms with Gasteiger partial charge in [0.2, 0.25) is 0 Å². The summed E-state index contributed by atoms with van der Waals surface area (Å²) in [6.45, 7) is 13.7. The van der Waals surface area contributed by atoms with E-state index in [1.54, 1.807) is 0 Å². The average Bonchev–Trinajstić information content (AvgIpc) is 3.22. The van der Waals surface area contributed by atoms with E-state index in [0.29, 0.717) is 0 Å². The summed E-state index contributed by atoms with van der Waals surface area (Å²) in [6, 6.07) is 23.1. The van der Waals surface area contributed by atoms with Crippen molar-refractivity contribution < 1.29 is 0 Å². The first-order chi connectivity index (χ1) is 16.3.